The standard InChI is InChI=1S/C8H14O2.C7H10.2C2H6/c1-10-8(9)7-5-3-2-4-6-7;1-4-6-7(3)5-2;2*1-2/h7H,2-6H2,1H3;4-6H,1-2H2,3H3;2*1-2H3/b;7-6-;;. The van der Waals surface area contributed by atoms with Crippen LogP contribution in [0.5, 0.6) is 0 Å². The fourth-order valence-corrected chi connectivity index (χ4v) is 1.76. The quantitative estimate of drug-likeness (QED) is 0.465. The van der Waals surface area contributed by atoms with E-state index in [0.717, 1.165) is 18.4 Å². The largest absolute Gasteiger partial charge is 0.469 e. The molecule has 0 radical (unpaired) electrons. The van der Waals surface area contributed by atoms with Gasteiger partial charge in [0.25, 0.3) is 0 Å². The monoisotopic (exact) mass is 296 g/mol. The molecule has 1 fully saturated rings. The highest BCUT2D eigenvalue weighted by Gasteiger charge is 2.20. The third-order valence-corrected chi connectivity index (χ3v) is 2.84. The van der Waals surface area contributed by atoms with E-state index in [1.807, 2.05) is 40.7 Å². The molecule has 0 amide bonds. The third kappa shape index (κ3) is 16.6. The van der Waals surface area contributed by atoms with Gasteiger partial charge in [-0.3, -0.25) is 4.79 Å². The molecule has 124 valence electrons. The lowest BCUT2D eigenvalue weighted by molar-refractivity contribution is -0.146. The zero-order valence-electron chi connectivity index (χ0n) is 15.1. The molecule has 1 saturated carbocycles. The number of methoxy groups -OCH3 is 1. The average Bonchev–Trinajstić information content (AvgIpc) is 2.59. The van der Waals surface area contributed by atoms with Gasteiger partial charge in [0.2, 0.25) is 0 Å². The number of allylic oxidation sites excluding steroid dienone is 4. The van der Waals surface area contributed by atoms with E-state index in [4.69, 9.17) is 0 Å². The summed E-state index contributed by atoms with van der Waals surface area (Å²) >= 11 is 0. The molecule has 0 bridgehead atoms. The summed E-state index contributed by atoms with van der Waals surface area (Å²) in [6.07, 6.45) is 11.2. The number of rotatable bonds is 3. The van der Waals surface area contributed by atoms with Crippen molar-refractivity contribution < 1.29 is 9.53 Å². The Morgan fingerprint density at radius 2 is 1.52 bits per heavy atom. The molecular formula is C19H36O2. The lowest BCUT2D eigenvalue weighted by atomic mass is 9.89. The number of ether oxygens (including phenoxy) is 1. The first-order valence-corrected chi connectivity index (χ1v) is 8.15. The predicted molar refractivity (Wildman–Crippen MR) is 95.4 cm³/mol. The minimum atomic E-state index is -0.0142. The van der Waals surface area contributed by atoms with E-state index >= 15 is 0 Å². The fourth-order valence-electron chi connectivity index (χ4n) is 1.76. The van der Waals surface area contributed by atoms with E-state index in [0.29, 0.717) is 0 Å². The summed E-state index contributed by atoms with van der Waals surface area (Å²) in [4.78, 5) is 10.9. The maximum Gasteiger partial charge on any atom is 0.308 e. The lowest BCUT2D eigenvalue weighted by Gasteiger charge is -2.18. The minimum absolute atomic E-state index is 0.0142. The molecule has 0 aromatic heterocycles. The topological polar surface area (TPSA) is 26.3 Å². The fraction of sp³-hybridized carbons (Fsp3) is 0.632. The van der Waals surface area contributed by atoms with Crippen molar-refractivity contribution in [3.63, 3.8) is 0 Å². The van der Waals surface area contributed by atoms with Crippen LogP contribution in [-0.4, -0.2) is 13.1 Å². The van der Waals surface area contributed by atoms with Crippen molar-refractivity contribution in [3.05, 3.63) is 37.0 Å². The molecule has 0 atom stereocenters. The van der Waals surface area contributed by atoms with E-state index in [2.05, 4.69) is 17.9 Å². The smallest absolute Gasteiger partial charge is 0.308 e. The van der Waals surface area contributed by atoms with E-state index in [1.54, 1.807) is 12.2 Å². The first-order chi connectivity index (χ1) is 10.2. The summed E-state index contributed by atoms with van der Waals surface area (Å²) in [6.45, 7) is 17.1. The van der Waals surface area contributed by atoms with Crippen LogP contribution in [0.3, 0.4) is 0 Å². The van der Waals surface area contributed by atoms with Gasteiger partial charge in [-0.15, -0.1) is 0 Å². The summed E-state index contributed by atoms with van der Waals surface area (Å²) in [7, 11) is 1.47. The molecule has 1 rings (SSSR count). The first-order valence-electron chi connectivity index (χ1n) is 8.15. The molecule has 0 aliphatic heterocycles. The average molecular weight is 296 g/mol. The molecule has 21 heavy (non-hydrogen) atoms. The van der Waals surface area contributed by atoms with Crippen LogP contribution in [-0.2, 0) is 9.53 Å². The molecule has 0 saturated heterocycles. The predicted octanol–water partition coefficient (Wildman–Crippen LogP) is 6.10. The molecule has 2 nitrogen and oxygen atoms in total. The zero-order chi connectivity index (χ0) is 17.1. The Bertz CT molecular complexity index is 271. The van der Waals surface area contributed by atoms with Crippen molar-refractivity contribution in [2.75, 3.05) is 7.11 Å². The summed E-state index contributed by atoms with van der Waals surface area (Å²) in [5.41, 5.74) is 1.15. The van der Waals surface area contributed by atoms with Crippen LogP contribution in [0, 0.1) is 5.92 Å². The molecule has 1 aliphatic rings. The van der Waals surface area contributed by atoms with Gasteiger partial charge >= 0.3 is 5.97 Å². The van der Waals surface area contributed by atoms with E-state index in [-0.39, 0.29) is 11.9 Å². The van der Waals surface area contributed by atoms with Crippen molar-refractivity contribution in [3.8, 4) is 0 Å². The number of esters is 1. The number of hydrogen-bond acceptors (Lipinski definition) is 2. The molecule has 2 heteroatoms. The highest BCUT2D eigenvalue weighted by molar-refractivity contribution is 5.72. The summed E-state index contributed by atoms with van der Waals surface area (Å²) in [6, 6.07) is 0. The summed E-state index contributed by atoms with van der Waals surface area (Å²) in [5.74, 6) is 0.193. The molecule has 0 unspecified atom stereocenters. The molecule has 1 aliphatic carbocycles. The number of carbonyl (C=O) groups excluding carboxylic acids is 1. The van der Waals surface area contributed by atoms with Gasteiger partial charge in [0.05, 0.1) is 13.0 Å². The highest BCUT2D eigenvalue weighted by atomic mass is 16.5. The second-order valence-electron chi connectivity index (χ2n) is 4.21. The van der Waals surface area contributed by atoms with Crippen LogP contribution in [0.1, 0.15) is 66.7 Å². The minimum Gasteiger partial charge on any atom is -0.469 e. The van der Waals surface area contributed by atoms with Gasteiger partial charge in [0, 0.05) is 0 Å². The second-order valence-corrected chi connectivity index (χ2v) is 4.21. The van der Waals surface area contributed by atoms with Crippen LogP contribution in [0.15, 0.2) is 37.0 Å². The molecule has 0 spiro atoms. The maximum atomic E-state index is 10.9. The summed E-state index contributed by atoms with van der Waals surface area (Å²) < 4.78 is 4.65. The molecule has 0 aromatic rings. The van der Waals surface area contributed by atoms with Gasteiger partial charge in [0.1, 0.15) is 0 Å². The maximum absolute atomic E-state index is 10.9. The Balaban J connectivity index is -0.000000260. The van der Waals surface area contributed by atoms with E-state index in [9.17, 15) is 4.79 Å². The normalized spacial score (nSPS) is 13.9. The summed E-state index contributed by atoms with van der Waals surface area (Å²) in [5, 5.41) is 0. The van der Waals surface area contributed by atoms with Crippen LogP contribution in [0.2, 0.25) is 0 Å². The van der Waals surface area contributed by atoms with Crippen LogP contribution in [0.4, 0.5) is 0 Å². The van der Waals surface area contributed by atoms with Crippen LogP contribution >= 0.6 is 0 Å². The van der Waals surface area contributed by atoms with Crippen molar-refractivity contribution >= 4 is 5.97 Å². The SMILES string of the molecule is C=C/C=C(/C)C=C.CC.CC.COC(=O)C1CCCCC1. The molecule has 0 N–H and O–H groups in total. The Hall–Kier alpha value is -1.31. The van der Waals surface area contributed by atoms with E-state index < -0.39 is 0 Å². The van der Waals surface area contributed by atoms with Crippen LogP contribution < -0.4 is 0 Å². The number of hydrogen-bond donors (Lipinski definition) is 0. The third-order valence-electron chi connectivity index (χ3n) is 2.84. The van der Waals surface area contributed by atoms with Gasteiger partial charge in [-0.1, -0.05) is 83.9 Å². The van der Waals surface area contributed by atoms with Gasteiger partial charge < -0.3 is 4.74 Å². The second kappa shape index (κ2) is 21.0. The Labute approximate surface area is 133 Å². The Morgan fingerprint density at radius 3 is 1.81 bits per heavy atom. The van der Waals surface area contributed by atoms with Gasteiger partial charge in [-0.2, -0.15) is 0 Å². The van der Waals surface area contributed by atoms with Gasteiger partial charge in [0.15, 0.2) is 0 Å². The Morgan fingerprint density at radius 1 is 1.05 bits per heavy atom. The van der Waals surface area contributed by atoms with Crippen molar-refractivity contribution in [2.24, 2.45) is 5.92 Å². The number of carbonyl (C=O) groups is 1. The lowest BCUT2D eigenvalue weighted by Crippen LogP contribution is -2.18. The first kappa shape index (κ1) is 24.7. The molecule has 0 heterocycles. The zero-order valence-corrected chi connectivity index (χ0v) is 15.1. The van der Waals surface area contributed by atoms with Crippen molar-refractivity contribution in [1.82, 2.24) is 0 Å². The van der Waals surface area contributed by atoms with Gasteiger partial charge in [-0.05, 0) is 19.8 Å². The highest BCUT2D eigenvalue weighted by Crippen LogP contribution is 2.24. The Kier molecular flexibility index (Phi) is 24.7. The van der Waals surface area contributed by atoms with Crippen molar-refractivity contribution in [2.45, 2.75) is 66.7 Å². The van der Waals surface area contributed by atoms with Crippen molar-refractivity contribution in [1.29, 1.82) is 0 Å². The molecule has 0 aromatic carbocycles. The van der Waals surface area contributed by atoms with E-state index in [1.165, 1.54) is 26.4 Å². The van der Waals surface area contributed by atoms with Crippen LogP contribution in [0.25, 0.3) is 0 Å². The molecular weight excluding hydrogens is 260 g/mol. The van der Waals surface area contributed by atoms with Gasteiger partial charge in [-0.25, -0.2) is 0 Å².